The molecule has 150 valence electrons. The second-order valence-corrected chi connectivity index (χ2v) is 8.55. The van der Waals surface area contributed by atoms with Crippen molar-refractivity contribution >= 4 is 34.4 Å². The maximum absolute atomic E-state index is 13.6. The zero-order chi connectivity index (χ0) is 20.7. The highest BCUT2D eigenvalue weighted by Gasteiger charge is 2.43. The van der Waals surface area contributed by atoms with E-state index in [0.717, 1.165) is 24.3 Å². The second-order valence-electron chi connectivity index (χ2n) is 7.61. The minimum Gasteiger partial charge on any atom is -0.362 e. The molecule has 0 atom stereocenters. The van der Waals surface area contributed by atoms with Crippen LogP contribution in [0, 0.1) is 0 Å². The van der Waals surface area contributed by atoms with Gasteiger partial charge in [0.05, 0.1) is 11.3 Å². The molecule has 2 aromatic carbocycles. The first-order valence-electron chi connectivity index (χ1n) is 10.2. The average molecular weight is 415 g/mol. The molecule has 0 N–H and O–H groups in total. The SMILES string of the molecule is CCc1ccc(N2C(=O)C(c3cccs3)=C(N3CCc4ccccc4C3)C2=O)cc1. The molecule has 0 saturated carbocycles. The van der Waals surface area contributed by atoms with E-state index in [4.69, 9.17) is 0 Å². The Labute approximate surface area is 180 Å². The molecule has 2 aliphatic rings. The molecule has 3 aromatic rings. The van der Waals surface area contributed by atoms with Gasteiger partial charge in [0.1, 0.15) is 5.70 Å². The fourth-order valence-electron chi connectivity index (χ4n) is 4.26. The third kappa shape index (κ3) is 3.06. The van der Waals surface area contributed by atoms with Crippen molar-refractivity contribution in [2.24, 2.45) is 0 Å². The quantitative estimate of drug-likeness (QED) is 0.584. The topological polar surface area (TPSA) is 40.6 Å². The highest BCUT2D eigenvalue weighted by atomic mass is 32.1. The molecule has 0 aliphatic carbocycles. The van der Waals surface area contributed by atoms with Gasteiger partial charge in [0.15, 0.2) is 0 Å². The summed E-state index contributed by atoms with van der Waals surface area (Å²) in [6, 6.07) is 19.9. The van der Waals surface area contributed by atoms with E-state index in [1.807, 2.05) is 47.8 Å². The Morgan fingerprint density at radius 1 is 0.900 bits per heavy atom. The third-order valence-corrected chi connectivity index (χ3v) is 6.76. The van der Waals surface area contributed by atoms with E-state index >= 15 is 0 Å². The van der Waals surface area contributed by atoms with Gasteiger partial charge in [-0.05, 0) is 53.1 Å². The van der Waals surface area contributed by atoms with Gasteiger partial charge in [-0.25, -0.2) is 4.90 Å². The van der Waals surface area contributed by atoms with Gasteiger partial charge in [-0.2, -0.15) is 0 Å². The molecule has 2 amide bonds. The molecular weight excluding hydrogens is 392 g/mol. The number of hydrogen-bond donors (Lipinski definition) is 0. The van der Waals surface area contributed by atoms with Crippen LogP contribution < -0.4 is 4.90 Å². The predicted octanol–water partition coefficient (Wildman–Crippen LogP) is 4.65. The van der Waals surface area contributed by atoms with Crippen LogP contribution in [0.25, 0.3) is 5.57 Å². The smallest absolute Gasteiger partial charge is 0.282 e. The first kappa shape index (κ1) is 18.8. The van der Waals surface area contributed by atoms with Gasteiger partial charge in [-0.15, -0.1) is 11.3 Å². The van der Waals surface area contributed by atoms with Crippen LogP contribution in [0.1, 0.15) is 28.5 Å². The molecule has 30 heavy (non-hydrogen) atoms. The lowest BCUT2D eigenvalue weighted by molar-refractivity contribution is -0.120. The maximum atomic E-state index is 13.6. The summed E-state index contributed by atoms with van der Waals surface area (Å²) in [5.74, 6) is -0.465. The number of thiophene rings is 1. The first-order chi connectivity index (χ1) is 14.7. The molecule has 0 spiro atoms. The van der Waals surface area contributed by atoms with Crippen LogP contribution in [0.4, 0.5) is 5.69 Å². The second kappa shape index (κ2) is 7.58. The number of carbonyl (C=O) groups excluding carboxylic acids is 2. The van der Waals surface area contributed by atoms with E-state index in [-0.39, 0.29) is 11.8 Å². The molecule has 5 rings (SSSR count). The van der Waals surface area contributed by atoms with Crippen LogP contribution in [-0.2, 0) is 29.0 Å². The van der Waals surface area contributed by atoms with Crippen molar-refractivity contribution in [3.8, 4) is 0 Å². The van der Waals surface area contributed by atoms with E-state index in [0.29, 0.717) is 23.5 Å². The molecule has 0 bridgehead atoms. The normalized spacial score (nSPS) is 16.4. The molecular formula is C25H22N2O2S. The van der Waals surface area contributed by atoms with Crippen molar-refractivity contribution in [2.45, 2.75) is 26.3 Å². The summed E-state index contributed by atoms with van der Waals surface area (Å²) in [6.07, 6.45) is 1.78. The Morgan fingerprint density at radius 2 is 1.67 bits per heavy atom. The number of benzene rings is 2. The summed E-state index contributed by atoms with van der Waals surface area (Å²) in [5.41, 5.74) is 5.38. The Bertz CT molecular complexity index is 1150. The Balaban J connectivity index is 1.57. The Kier molecular flexibility index (Phi) is 4.75. The summed E-state index contributed by atoms with van der Waals surface area (Å²) in [6.45, 7) is 3.45. The molecule has 0 unspecified atom stereocenters. The molecule has 2 aliphatic heterocycles. The number of carbonyl (C=O) groups is 2. The first-order valence-corrected chi connectivity index (χ1v) is 11.1. The fourth-order valence-corrected chi connectivity index (χ4v) is 5.02. The van der Waals surface area contributed by atoms with Crippen molar-refractivity contribution in [2.75, 3.05) is 11.4 Å². The lowest BCUT2D eigenvalue weighted by atomic mass is 9.99. The zero-order valence-corrected chi connectivity index (χ0v) is 17.6. The number of amides is 2. The summed E-state index contributed by atoms with van der Waals surface area (Å²) in [5, 5.41) is 1.95. The van der Waals surface area contributed by atoms with Crippen LogP contribution in [0.15, 0.2) is 71.7 Å². The van der Waals surface area contributed by atoms with E-state index in [9.17, 15) is 9.59 Å². The van der Waals surface area contributed by atoms with Gasteiger partial charge in [0.2, 0.25) is 0 Å². The van der Waals surface area contributed by atoms with Gasteiger partial charge >= 0.3 is 0 Å². The molecule has 0 saturated heterocycles. The number of fused-ring (bicyclic) bond motifs is 1. The van der Waals surface area contributed by atoms with Crippen LogP contribution in [0.5, 0.6) is 0 Å². The van der Waals surface area contributed by atoms with E-state index < -0.39 is 0 Å². The lowest BCUT2D eigenvalue weighted by Gasteiger charge is -2.31. The van der Waals surface area contributed by atoms with E-state index in [2.05, 4.69) is 30.0 Å². The van der Waals surface area contributed by atoms with Gasteiger partial charge in [0, 0.05) is 18.0 Å². The van der Waals surface area contributed by atoms with Crippen LogP contribution in [0.2, 0.25) is 0 Å². The summed E-state index contributed by atoms with van der Waals surface area (Å²) >= 11 is 1.50. The largest absolute Gasteiger partial charge is 0.362 e. The van der Waals surface area contributed by atoms with Gasteiger partial charge < -0.3 is 4.90 Å². The average Bonchev–Trinajstić information content (AvgIpc) is 3.39. The van der Waals surface area contributed by atoms with Crippen LogP contribution >= 0.6 is 11.3 Å². The molecule has 0 radical (unpaired) electrons. The van der Waals surface area contributed by atoms with E-state index in [1.54, 1.807) is 0 Å². The standard InChI is InChI=1S/C25H22N2O2S/c1-2-17-9-11-20(12-10-17)27-24(28)22(21-8-5-15-30-21)23(25(27)29)26-14-13-18-6-3-4-7-19(18)16-26/h3-12,15H,2,13-14,16H2,1H3. The fraction of sp³-hybridized carbons (Fsp3) is 0.200. The van der Waals surface area contributed by atoms with Crippen LogP contribution in [0.3, 0.4) is 0 Å². The lowest BCUT2D eigenvalue weighted by Crippen LogP contribution is -2.37. The zero-order valence-electron chi connectivity index (χ0n) is 16.8. The van der Waals surface area contributed by atoms with Gasteiger partial charge in [-0.3, -0.25) is 9.59 Å². The molecule has 4 nitrogen and oxygen atoms in total. The number of imide groups is 1. The Morgan fingerprint density at radius 3 is 2.37 bits per heavy atom. The maximum Gasteiger partial charge on any atom is 0.282 e. The Hall–Kier alpha value is -3.18. The highest BCUT2D eigenvalue weighted by Crippen LogP contribution is 2.38. The van der Waals surface area contributed by atoms with Crippen molar-refractivity contribution in [3.05, 3.63) is 93.3 Å². The number of rotatable bonds is 4. The summed E-state index contributed by atoms with van der Waals surface area (Å²) in [7, 11) is 0. The number of anilines is 1. The van der Waals surface area contributed by atoms with Crippen molar-refractivity contribution in [1.82, 2.24) is 4.90 Å². The van der Waals surface area contributed by atoms with Crippen molar-refractivity contribution in [3.63, 3.8) is 0 Å². The van der Waals surface area contributed by atoms with E-state index in [1.165, 1.54) is 32.9 Å². The molecule has 0 fully saturated rings. The summed E-state index contributed by atoms with van der Waals surface area (Å²) in [4.78, 5) is 31.4. The molecule has 5 heteroatoms. The minimum absolute atomic E-state index is 0.230. The number of aryl methyl sites for hydroxylation is 1. The predicted molar refractivity (Wildman–Crippen MR) is 120 cm³/mol. The van der Waals surface area contributed by atoms with Gasteiger partial charge in [0.25, 0.3) is 11.8 Å². The number of hydrogen-bond acceptors (Lipinski definition) is 4. The molecule has 1 aromatic heterocycles. The van der Waals surface area contributed by atoms with Gasteiger partial charge in [-0.1, -0.05) is 49.4 Å². The number of nitrogens with zero attached hydrogens (tertiary/aromatic N) is 2. The van der Waals surface area contributed by atoms with Crippen molar-refractivity contribution < 1.29 is 9.59 Å². The molecule has 3 heterocycles. The minimum atomic E-state index is -0.236. The monoisotopic (exact) mass is 414 g/mol. The highest BCUT2D eigenvalue weighted by molar-refractivity contribution is 7.11. The summed E-state index contributed by atoms with van der Waals surface area (Å²) < 4.78 is 0. The van der Waals surface area contributed by atoms with Crippen molar-refractivity contribution in [1.29, 1.82) is 0 Å². The third-order valence-electron chi connectivity index (χ3n) is 5.88. The van der Waals surface area contributed by atoms with Crippen LogP contribution in [-0.4, -0.2) is 23.3 Å².